The van der Waals surface area contributed by atoms with Crippen molar-refractivity contribution in [3.8, 4) is 0 Å². The number of amides is 2. The fourth-order valence-electron chi connectivity index (χ4n) is 2.49. The largest absolute Gasteiger partial charge is 0.355 e. The van der Waals surface area contributed by atoms with E-state index in [0.717, 1.165) is 31.7 Å². The average molecular weight is 262 g/mol. The highest BCUT2D eigenvalue weighted by molar-refractivity contribution is 5.74. The molecular formula is C14H22N4O. The maximum absolute atomic E-state index is 12.0. The van der Waals surface area contributed by atoms with E-state index in [-0.39, 0.29) is 12.1 Å². The van der Waals surface area contributed by atoms with Crippen molar-refractivity contribution in [1.29, 1.82) is 0 Å². The SMILES string of the molecule is CN(C)C(=O)N(C)C1CCCN(c2ccccn2)C1. The van der Waals surface area contributed by atoms with E-state index in [4.69, 9.17) is 0 Å². The topological polar surface area (TPSA) is 39.7 Å². The summed E-state index contributed by atoms with van der Waals surface area (Å²) in [5.41, 5.74) is 0. The number of carbonyl (C=O) groups excluding carboxylic acids is 1. The fraction of sp³-hybridized carbons (Fsp3) is 0.571. The number of rotatable bonds is 2. The van der Waals surface area contributed by atoms with Crippen LogP contribution in [0.1, 0.15) is 12.8 Å². The molecule has 0 saturated carbocycles. The summed E-state index contributed by atoms with van der Waals surface area (Å²) in [6.45, 7) is 1.87. The third-order valence-corrected chi connectivity index (χ3v) is 3.60. The van der Waals surface area contributed by atoms with Crippen LogP contribution in [-0.2, 0) is 0 Å². The zero-order valence-corrected chi connectivity index (χ0v) is 11.9. The Labute approximate surface area is 114 Å². The predicted octanol–water partition coefficient (Wildman–Crippen LogP) is 1.66. The lowest BCUT2D eigenvalue weighted by molar-refractivity contribution is 0.157. The highest BCUT2D eigenvalue weighted by atomic mass is 16.2. The van der Waals surface area contributed by atoms with E-state index < -0.39 is 0 Å². The standard InChI is InChI=1S/C14H22N4O/c1-16(2)14(19)17(3)12-7-6-10-18(11-12)13-8-4-5-9-15-13/h4-5,8-9,12H,6-7,10-11H2,1-3H3. The first-order chi connectivity index (χ1) is 9.09. The van der Waals surface area contributed by atoms with Gasteiger partial charge in [0.05, 0.1) is 6.04 Å². The van der Waals surface area contributed by atoms with Gasteiger partial charge in [-0.2, -0.15) is 0 Å². The Balaban J connectivity index is 2.03. The van der Waals surface area contributed by atoms with Crippen LogP contribution >= 0.6 is 0 Å². The summed E-state index contributed by atoms with van der Waals surface area (Å²) in [6, 6.07) is 6.27. The number of hydrogen-bond donors (Lipinski definition) is 0. The minimum atomic E-state index is 0.0628. The summed E-state index contributed by atoms with van der Waals surface area (Å²) in [7, 11) is 5.46. The van der Waals surface area contributed by atoms with E-state index in [0.29, 0.717) is 0 Å². The van der Waals surface area contributed by atoms with E-state index in [1.54, 1.807) is 19.0 Å². The highest BCUT2D eigenvalue weighted by Gasteiger charge is 2.27. The Morgan fingerprint density at radius 3 is 2.79 bits per heavy atom. The van der Waals surface area contributed by atoms with Crippen molar-refractivity contribution >= 4 is 11.8 Å². The average Bonchev–Trinajstić information content (AvgIpc) is 2.46. The van der Waals surface area contributed by atoms with E-state index in [1.807, 2.05) is 36.3 Å². The molecule has 5 nitrogen and oxygen atoms in total. The van der Waals surface area contributed by atoms with Crippen LogP contribution in [0.15, 0.2) is 24.4 Å². The zero-order chi connectivity index (χ0) is 13.8. The number of pyridine rings is 1. The number of urea groups is 1. The summed E-state index contributed by atoms with van der Waals surface area (Å²) < 4.78 is 0. The Morgan fingerprint density at radius 2 is 2.16 bits per heavy atom. The highest BCUT2D eigenvalue weighted by Crippen LogP contribution is 2.20. The van der Waals surface area contributed by atoms with Crippen LogP contribution in [-0.4, -0.2) is 61.1 Å². The van der Waals surface area contributed by atoms with Crippen LogP contribution in [0.4, 0.5) is 10.6 Å². The molecule has 1 aliphatic heterocycles. The van der Waals surface area contributed by atoms with Gasteiger partial charge in [0.2, 0.25) is 0 Å². The van der Waals surface area contributed by atoms with Gasteiger partial charge in [-0.3, -0.25) is 0 Å². The van der Waals surface area contributed by atoms with E-state index >= 15 is 0 Å². The van der Waals surface area contributed by atoms with Crippen LogP contribution in [0.3, 0.4) is 0 Å². The molecule has 1 fully saturated rings. The van der Waals surface area contributed by atoms with Gasteiger partial charge in [-0.15, -0.1) is 0 Å². The molecule has 2 amide bonds. The maximum atomic E-state index is 12.0. The molecule has 0 aromatic carbocycles. The number of likely N-dealkylation sites (N-methyl/N-ethyl adjacent to an activating group) is 1. The van der Waals surface area contributed by atoms with Gasteiger partial charge in [0, 0.05) is 40.4 Å². The second-order valence-corrected chi connectivity index (χ2v) is 5.22. The van der Waals surface area contributed by atoms with Gasteiger partial charge in [-0.05, 0) is 25.0 Å². The fourth-order valence-corrected chi connectivity index (χ4v) is 2.49. The van der Waals surface area contributed by atoms with Crippen LogP contribution in [0.2, 0.25) is 0 Å². The normalized spacial score (nSPS) is 19.1. The van der Waals surface area contributed by atoms with Crippen LogP contribution < -0.4 is 4.90 Å². The number of hydrogen-bond acceptors (Lipinski definition) is 3. The summed E-state index contributed by atoms with van der Waals surface area (Å²) in [5, 5.41) is 0. The van der Waals surface area contributed by atoms with Crippen LogP contribution in [0.5, 0.6) is 0 Å². The third-order valence-electron chi connectivity index (χ3n) is 3.60. The van der Waals surface area contributed by atoms with Crippen molar-refractivity contribution in [1.82, 2.24) is 14.8 Å². The molecule has 2 rings (SSSR count). The first kappa shape index (κ1) is 13.6. The van der Waals surface area contributed by atoms with E-state index in [9.17, 15) is 4.79 Å². The Kier molecular flexibility index (Phi) is 4.24. The van der Waals surface area contributed by atoms with E-state index in [2.05, 4.69) is 9.88 Å². The molecule has 1 aromatic rings. The number of aromatic nitrogens is 1. The molecule has 0 bridgehead atoms. The van der Waals surface area contributed by atoms with Crippen molar-refractivity contribution < 1.29 is 4.79 Å². The lowest BCUT2D eigenvalue weighted by Gasteiger charge is -2.39. The second kappa shape index (κ2) is 5.91. The molecule has 19 heavy (non-hydrogen) atoms. The van der Waals surface area contributed by atoms with Gasteiger partial charge in [-0.1, -0.05) is 6.07 Å². The number of nitrogens with zero attached hydrogens (tertiary/aromatic N) is 4. The maximum Gasteiger partial charge on any atom is 0.319 e. The summed E-state index contributed by atoms with van der Waals surface area (Å²) >= 11 is 0. The molecule has 104 valence electrons. The van der Waals surface area contributed by atoms with Crippen molar-refractivity contribution in [3.63, 3.8) is 0 Å². The molecule has 0 aliphatic carbocycles. The summed E-state index contributed by atoms with van der Waals surface area (Å²) in [4.78, 5) is 22.1. The number of piperidine rings is 1. The number of carbonyl (C=O) groups is 1. The molecule has 0 spiro atoms. The lowest BCUT2D eigenvalue weighted by atomic mass is 10.0. The Bertz CT molecular complexity index is 421. The number of anilines is 1. The molecule has 1 saturated heterocycles. The van der Waals surface area contributed by atoms with Crippen molar-refractivity contribution in [2.24, 2.45) is 0 Å². The quantitative estimate of drug-likeness (QED) is 0.814. The van der Waals surface area contributed by atoms with Crippen LogP contribution in [0, 0.1) is 0 Å². The predicted molar refractivity (Wildman–Crippen MR) is 76.3 cm³/mol. The van der Waals surface area contributed by atoms with Gasteiger partial charge >= 0.3 is 6.03 Å². The molecule has 0 radical (unpaired) electrons. The van der Waals surface area contributed by atoms with Crippen molar-refractivity contribution in [3.05, 3.63) is 24.4 Å². The van der Waals surface area contributed by atoms with Gasteiger partial charge in [0.1, 0.15) is 5.82 Å². The first-order valence-corrected chi connectivity index (χ1v) is 6.69. The molecular weight excluding hydrogens is 240 g/mol. The summed E-state index contributed by atoms with van der Waals surface area (Å²) in [5.74, 6) is 0.998. The third kappa shape index (κ3) is 3.16. The molecule has 5 heteroatoms. The zero-order valence-electron chi connectivity index (χ0n) is 11.9. The molecule has 1 aromatic heterocycles. The summed E-state index contributed by atoms with van der Waals surface area (Å²) in [6.07, 6.45) is 3.96. The minimum Gasteiger partial charge on any atom is -0.355 e. The Hall–Kier alpha value is -1.78. The Morgan fingerprint density at radius 1 is 1.37 bits per heavy atom. The van der Waals surface area contributed by atoms with E-state index in [1.165, 1.54) is 0 Å². The molecule has 2 heterocycles. The molecule has 1 unspecified atom stereocenters. The second-order valence-electron chi connectivity index (χ2n) is 5.22. The smallest absolute Gasteiger partial charge is 0.319 e. The van der Waals surface area contributed by atoms with Crippen molar-refractivity contribution in [2.45, 2.75) is 18.9 Å². The van der Waals surface area contributed by atoms with Crippen LogP contribution in [0.25, 0.3) is 0 Å². The monoisotopic (exact) mass is 262 g/mol. The van der Waals surface area contributed by atoms with Gasteiger partial charge in [0.15, 0.2) is 0 Å². The van der Waals surface area contributed by atoms with Gasteiger partial charge in [0.25, 0.3) is 0 Å². The van der Waals surface area contributed by atoms with Gasteiger partial charge in [-0.25, -0.2) is 9.78 Å². The van der Waals surface area contributed by atoms with Gasteiger partial charge < -0.3 is 14.7 Å². The molecule has 0 N–H and O–H groups in total. The first-order valence-electron chi connectivity index (χ1n) is 6.69. The molecule has 1 aliphatic rings. The van der Waals surface area contributed by atoms with Crippen molar-refractivity contribution in [2.75, 3.05) is 39.1 Å². The molecule has 1 atom stereocenters. The lowest BCUT2D eigenvalue weighted by Crippen LogP contribution is -2.51. The minimum absolute atomic E-state index is 0.0628.